The van der Waals surface area contributed by atoms with E-state index in [9.17, 15) is 9.59 Å². The minimum Gasteiger partial charge on any atom is -0.370 e. The van der Waals surface area contributed by atoms with E-state index in [0.29, 0.717) is 36.1 Å². The first-order valence-corrected chi connectivity index (χ1v) is 10.8. The van der Waals surface area contributed by atoms with Gasteiger partial charge in [0.25, 0.3) is 11.8 Å². The molecule has 0 saturated carbocycles. The fourth-order valence-electron chi connectivity index (χ4n) is 3.09. The summed E-state index contributed by atoms with van der Waals surface area (Å²) in [7, 11) is 0. The van der Waals surface area contributed by atoms with Crippen LogP contribution in [0.1, 0.15) is 59.5 Å². The smallest absolute Gasteiger partial charge is 0.261 e. The maximum atomic E-state index is 12.4. The molecule has 0 saturated heterocycles. The molecular weight excluding hydrogens is 386 g/mol. The molecule has 2 aromatic rings. The lowest BCUT2D eigenvalue weighted by Gasteiger charge is -2.13. The highest BCUT2D eigenvalue weighted by atomic mass is 32.1. The predicted molar refractivity (Wildman–Crippen MR) is 116 cm³/mol. The van der Waals surface area contributed by atoms with Crippen LogP contribution in [-0.2, 0) is 6.42 Å². The Kier molecular flexibility index (Phi) is 6.98. The van der Waals surface area contributed by atoms with Gasteiger partial charge in [0.05, 0.1) is 16.8 Å². The average molecular weight is 414 g/mol. The van der Waals surface area contributed by atoms with Gasteiger partial charge in [0.2, 0.25) is 0 Å². The molecule has 0 atom stereocenters. The van der Waals surface area contributed by atoms with Crippen molar-refractivity contribution in [3.63, 3.8) is 0 Å². The second-order valence-corrected chi connectivity index (χ2v) is 8.34. The van der Waals surface area contributed by atoms with Crippen molar-refractivity contribution in [2.45, 2.75) is 39.5 Å². The Labute approximate surface area is 175 Å². The number of hydrogen-bond donors (Lipinski definition) is 2. The number of guanidine groups is 1. The summed E-state index contributed by atoms with van der Waals surface area (Å²) in [4.78, 5) is 34.9. The number of nitrogens with one attached hydrogen (secondary N) is 1. The average Bonchev–Trinajstić information content (AvgIpc) is 3.22. The van der Waals surface area contributed by atoms with Crippen molar-refractivity contribution < 1.29 is 9.59 Å². The molecule has 29 heavy (non-hydrogen) atoms. The van der Waals surface area contributed by atoms with Crippen LogP contribution >= 0.6 is 11.3 Å². The Balaban J connectivity index is 1.42. The maximum Gasteiger partial charge on any atom is 0.261 e. The van der Waals surface area contributed by atoms with E-state index in [2.05, 4.69) is 29.1 Å². The molecule has 0 bridgehead atoms. The van der Waals surface area contributed by atoms with Crippen LogP contribution in [0, 0.1) is 5.92 Å². The first-order chi connectivity index (χ1) is 14.0. The molecule has 0 unspecified atom stereocenters. The number of fused-ring (bicyclic) bond motifs is 1. The van der Waals surface area contributed by atoms with Crippen molar-refractivity contribution in [2.24, 2.45) is 16.6 Å². The number of anilines is 1. The number of aromatic nitrogens is 1. The van der Waals surface area contributed by atoms with E-state index in [1.807, 2.05) is 5.38 Å². The Hall–Kier alpha value is -2.74. The van der Waals surface area contributed by atoms with Crippen LogP contribution in [0.4, 0.5) is 5.13 Å². The second-order valence-electron chi connectivity index (χ2n) is 7.48. The third kappa shape index (κ3) is 5.41. The Morgan fingerprint density at radius 2 is 1.90 bits per heavy atom. The minimum absolute atomic E-state index is 0.196. The summed E-state index contributed by atoms with van der Waals surface area (Å²) < 4.78 is 0. The van der Waals surface area contributed by atoms with Crippen LogP contribution in [0.3, 0.4) is 0 Å². The zero-order valence-electron chi connectivity index (χ0n) is 16.9. The van der Waals surface area contributed by atoms with Crippen molar-refractivity contribution in [3.05, 3.63) is 46.5 Å². The Morgan fingerprint density at radius 3 is 2.55 bits per heavy atom. The van der Waals surface area contributed by atoms with Gasteiger partial charge in [-0.3, -0.25) is 19.5 Å². The number of unbranched alkanes of at least 4 members (excludes halogenated alkanes) is 1. The van der Waals surface area contributed by atoms with Crippen molar-refractivity contribution in [1.82, 2.24) is 9.88 Å². The number of carbonyl (C=O) groups is 2. The van der Waals surface area contributed by atoms with Crippen molar-refractivity contribution in [3.8, 4) is 0 Å². The van der Waals surface area contributed by atoms with Gasteiger partial charge < -0.3 is 11.1 Å². The standard InChI is InChI=1S/C21H27N5O2S/c1-14(2)10-11-23-20(22)25-21-24-15(13-29-21)7-5-6-12-26-18(27)16-8-3-4-9-17(16)19(26)28/h3-4,8-9,13-14H,5-7,10-12H2,1-2H3,(H3,22,23,24,25). The number of aryl methyl sites for hydroxylation is 1. The zero-order chi connectivity index (χ0) is 20.8. The van der Waals surface area contributed by atoms with Gasteiger partial charge in [-0.15, -0.1) is 11.3 Å². The number of nitrogens with two attached hydrogens (primary N) is 1. The highest BCUT2D eigenvalue weighted by Crippen LogP contribution is 2.23. The van der Waals surface area contributed by atoms with Gasteiger partial charge >= 0.3 is 0 Å². The Morgan fingerprint density at radius 1 is 1.21 bits per heavy atom. The molecule has 1 aliphatic heterocycles. The van der Waals surface area contributed by atoms with Gasteiger partial charge in [-0.05, 0) is 43.7 Å². The van der Waals surface area contributed by atoms with E-state index in [1.165, 1.54) is 16.2 Å². The first-order valence-electron chi connectivity index (χ1n) is 9.92. The summed E-state index contributed by atoms with van der Waals surface area (Å²) in [5.74, 6) is 0.589. The van der Waals surface area contributed by atoms with E-state index in [-0.39, 0.29) is 11.8 Å². The lowest BCUT2D eigenvalue weighted by atomic mass is 10.1. The van der Waals surface area contributed by atoms with E-state index in [0.717, 1.165) is 36.5 Å². The fraction of sp³-hybridized carbons (Fsp3) is 0.429. The zero-order valence-corrected chi connectivity index (χ0v) is 17.7. The molecule has 3 N–H and O–H groups in total. The fourth-order valence-corrected chi connectivity index (χ4v) is 3.84. The highest BCUT2D eigenvalue weighted by Gasteiger charge is 2.34. The van der Waals surface area contributed by atoms with Gasteiger partial charge in [-0.25, -0.2) is 4.98 Å². The molecule has 0 fully saturated rings. The third-order valence-corrected chi connectivity index (χ3v) is 5.52. The predicted octanol–water partition coefficient (Wildman–Crippen LogP) is 3.53. The van der Waals surface area contributed by atoms with Crippen molar-refractivity contribution >= 4 is 34.2 Å². The van der Waals surface area contributed by atoms with Crippen LogP contribution in [0.5, 0.6) is 0 Å². The van der Waals surface area contributed by atoms with Crippen LogP contribution in [0.2, 0.25) is 0 Å². The summed E-state index contributed by atoms with van der Waals surface area (Å²) in [5.41, 5.74) is 7.86. The number of amides is 2. The SMILES string of the molecule is CC(C)CCN=C(N)Nc1nc(CCCCN2C(=O)c3ccccc3C2=O)cs1. The molecule has 0 spiro atoms. The summed E-state index contributed by atoms with van der Waals surface area (Å²) in [6, 6.07) is 6.97. The highest BCUT2D eigenvalue weighted by molar-refractivity contribution is 7.13. The van der Waals surface area contributed by atoms with E-state index in [4.69, 9.17) is 5.73 Å². The van der Waals surface area contributed by atoms with E-state index in [1.54, 1.807) is 24.3 Å². The minimum atomic E-state index is -0.196. The van der Waals surface area contributed by atoms with Crippen molar-refractivity contribution in [1.29, 1.82) is 0 Å². The van der Waals surface area contributed by atoms with Gasteiger partial charge in [0, 0.05) is 18.5 Å². The molecule has 2 heterocycles. The molecule has 1 aliphatic rings. The van der Waals surface area contributed by atoms with Gasteiger partial charge in [-0.1, -0.05) is 26.0 Å². The second kappa shape index (κ2) is 9.65. The molecule has 0 aliphatic carbocycles. The number of aliphatic imine (C=N–C) groups is 1. The summed E-state index contributed by atoms with van der Waals surface area (Å²) in [5, 5.41) is 5.75. The van der Waals surface area contributed by atoms with E-state index < -0.39 is 0 Å². The monoisotopic (exact) mass is 413 g/mol. The molecule has 8 heteroatoms. The number of rotatable bonds is 9. The third-order valence-electron chi connectivity index (χ3n) is 4.72. The Bertz CT molecular complexity index is 871. The molecule has 0 radical (unpaired) electrons. The first kappa shape index (κ1) is 21.0. The number of benzene rings is 1. The van der Waals surface area contributed by atoms with Crippen LogP contribution in [-0.4, -0.2) is 40.7 Å². The number of hydrogen-bond acceptors (Lipinski definition) is 5. The molecule has 1 aromatic heterocycles. The van der Waals surface area contributed by atoms with E-state index >= 15 is 0 Å². The van der Waals surface area contributed by atoms with Crippen LogP contribution < -0.4 is 11.1 Å². The molecule has 2 amide bonds. The number of imide groups is 1. The number of thiazole rings is 1. The normalized spacial score (nSPS) is 14.0. The lowest BCUT2D eigenvalue weighted by molar-refractivity contribution is 0.0652. The topological polar surface area (TPSA) is 101 Å². The molecule has 1 aromatic carbocycles. The van der Waals surface area contributed by atoms with Crippen molar-refractivity contribution in [2.75, 3.05) is 18.4 Å². The van der Waals surface area contributed by atoms with Crippen LogP contribution in [0.25, 0.3) is 0 Å². The number of carbonyl (C=O) groups excluding carboxylic acids is 2. The van der Waals surface area contributed by atoms with Gasteiger partial charge in [0.1, 0.15) is 0 Å². The molecule has 3 rings (SSSR count). The van der Waals surface area contributed by atoms with Crippen LogP contribution in [0.15, 0.2) is 34.6 Å². The molecular formula is C21H27N5O2S. The largest absolute Gasteiger partial charge is 0.370 e. The molecule has 154 valence electrons. The lowest BCUT2D eigenvalue weighted by Crippen LogP contribution is -2.30. The molecule has 7 nitrogen and oxygen atoms in total. The summed E-state index contributed by atoms with van der Waals surface area (Å²) in [6.45, 7) is 5.44. The maximum absolute atomic E-state index is 12.4. The quantitative estimate of drug-likeness (QED) is 0.283. The summed E-state index contributed by atoms with van der Waals surface area (Å²) >= 11 is 1.49. The number of nitrogens with zero attached hydrogens (tertiary/aromatic N) is 3. The summed E-state index contributed by atoms with van der Waals surface area (Å²) in [6.07, 6.45) is 3.36. The van der Waals surface area contributed by atoms with Gasteiger partial charge in [0.15, 0.2) is 11.1 Å². The van der Waals surface area contributed by atoms with Gasteiger partial charge in [-0.2, -0.15) is 0 Å².